The van der Waals surface area contributed by atoms with Gasteiger partial charge in [-0.3, -0.25) is 4.90 Å². The van der Waals surface area contributed by atoms with Gasteiger partial charge in [0.2, 0.25) is 0 Å². The van der Waals surface area contributed by atoms with Crippen LogP contribution in [0.4, 0.5) is 10.5 Å². The van der Waals surface area contributed by atoms with E-state index >= 15 is 0 Å². The smallest absolute Gasteiger partial charge is 0.321 e. The molecule has 148 valence electrons. The number of nitrogens with zero attached hydrogens (tertiary/aromatic N) is 2. The zero-order valence-electron chi connectivity index (χ0n) is 17.1. The fourth-order valence-electron chi connectivity index (χ4n) is 4.64. The summed E-state index contributed by atoms with van der Waals surface area (Å²) in [5.74, 6) is 0.690. The minimum Gasteiger partial charge on any atom is -0.325 e. The molecule has 2 aliphatic heterocycles. The van der Waals surface area contributed by atoms with Crippen molar-refractivity contribution >= 4 is 11.7 Å². The number of rotatable bonds is 3. The average Bonchev–Trinajstić information content (AvgIpc) is 2.67. The van der Waals surface area contributed by atoms with Crippen molar-refractivity contribution in [2.24, 2.45) is 5.92 Å². The number of urea groups is 1. The quantitative estimate of drug-likeness (QED) is 0.848. The van der Waals surface area contributed by atoms with Gasteiger partial charge in [-0.2, -0.15) is 0 Å². The Hall–Kier alpha value is -2.33. The molecule has 1 N–H and O–H groups in total. The SMILES string of the molecule is Cc1cc(C)cc(NC(=O)N2CCC(CN3CCc4ccccc4C3)CC2)c1. The van der Waals surface area contributed by atoms with E-state index in [2.05, 4.69) is 54.4 Å². The summed E-state index contributed by atoms with van der Waals surface area (Å²) in [6.45, 7) is 9.21. The molecule has 1 fully saturated rings. The molecule has 0 aromatic heterocycles. The van der Waals surface area contributed by atoms with Gasteiger partial charge in [0.05, 0.1) is 0 Å². The van der Waals surface area contributed by atoms with Gasteiger partial charge >= 0.3 is 6.03 Å². The Morgan fingerprint density at radius 3 is 2.39 bits per heavy atom. The van der Waals surface area contributed by atoms with E-state index in [9.17, 15) is 4.79 Å². The summed E-state index contributed by atoms with van der Waals surface area (Å²) in [4.78, 5) is 17.2. The first-order valence-electron chi connectivity index (χ1n) is 10.5. The average molecular weight is 378 g/mol. The van der Waals surface area contributed by atoms with Crippen molar-refractivity contribution in [3.05, 3.63) is 64.7 Å². The number of likely N-dealkylation sites (tertiary alicyclic amines) is 1. The lowest BCUT2D eigenvalue weighted by Gasteiger charge is -2.36. The van der Waals surface area contributed by atoms with E-state index in [0.29, 0.717) is 5.92 Å². The van der Waals surface area contributed by atoms with Crippen LogP contribution >= 0.6 is 0 Å². The monoisotopic (exact) mass is 377 g/mol. The van der Waals surface area contributed by atoms with E-state index in [4.69, 9.17) is 0 Å². The highest BCUT2D eigenvalue weighted by molar-refractivity contribution is 5.89. The first-order valence-corrected chi connectivity index (χ1v) is 10.5. The van der Waals surface area contributed by atoms with Crippen molar-refractivity contribution in [2.45, 2.75) is 39.7 Å². The summed E-state index contributed by atoms with van der Waals surface area (Å²) in [6.07, 6.45) is 3.35. The highest BCUT2D eigenvalue weighted by atomic mass is 16.2. The third-order valence-electron chi connectivity index (χ3n) is 6.10. The number of carbonyl (C=O) groups excluding carboxylic acids is 1. The van der Waals surface area contributed by atoms with Crippen molar-refractivity contribution < 1.29 is 4.79 Å². The summed E-state index contributed by atoms with van der Waals surface area (Å²) < 4.78 is 0. The largest absolute Gasteiger partial charge is 0.325 e. The molecule has 2 aromatic rings. The lowest BCUT2D eigenvalue weighted by molar-refractivity contribution is 0.147. The second-order valence-corrected chi connectivity index (χ2v) is 8.49. The van der Waals surface area contributed by atoms with Crippen LogP contribution in [0.5, 0.6) is 0 Å². The topological polar surface area (TPSA) is 35.6 Å². The summed E-state index contributed by atoms with van der Waals surface area (Å²) in [5, 5.41) is 3.08. The van der Waals surface area contributed by atoms with E-state index in [0.717, 1.165) is 57.7 Å². The Morgan fingerprint density at radius 2 is 1.68 bits per heavy atom. The van der Waals surface area contributed by atoms with Crippen LogP contribution < -0.4 is 5.32 Å². The van der Waals surface area contributed by atoms with Gasteiger partial charge in [-0.15, -0.1) is 0 Å². The maximum absolute atomic E-state index is 12.6. The van der Waals surface area contributed by atoms with Gasteiger partial charge in [-0.1, -0.05) is 30.3 Å². The molecule has 0 bridgehead atoms. The lowest BCUT2D eigenvalue weighted by Crippen LogP contribution is -2.44. The van der Waals surface area contributed by atoms with E-state index < -0.39 is 0 Å². The van der Waals surface area contributed by atoms with Crippen LogP contribution in [-0.4, -0.2) is 42.0 Å². The molecule has 2 heterocycles. The molecule has 0 spiro atoms. The maximum Gasteiger partial charge on any atom is 0.321 e. The Labute approximate surface area is 168 Å². The van der Waals surface area contributed by atoms with Gasteiger partial charge in [-0.25, -0.2) is 4.79 Å². The fraction of sp³-hybridized carbons (Fsp3) is 0.458. The first kappa shape index (κ1) is 19.0. The number of anilines is 1. The molecule has 1 saturated heterocycles. The molecule has 4 rings (SSSR count). The second-order valence-electron chi connectivity index (χ2n) is 8.49. The van der Waals surface area contributed by atoms with Gasteiger partial charge in [0.1, 0.15) is 0 Å². The predicted molar refractivity (Wildman–Crippen MR) is 115 cm³/mol. The minimum atomic E-state index is 0.0374. The number of fused-ring (bicyclic) bond motifs is 1. The van der Waals surface area contributed by atoms with E-state index in [-0.39, 0.29) is 6.03 Å². The molecule has 2 amide bonds. The number of hydrogen-bond donors (Lipinski definition) is 1. The second kappa shape index (κ2) is 8.36. The van der Waals surface area contributed by atoms with Gasteiger partial charge in [0.15, 0.2) is 0 Å². The van der Waals surface area contributed by atoms with Gasteiger partial charge in [0, 0.05) is 38.4 Å². The molecule has 4 nitrogen and oxygen atoms in total. The van der Waals surface area contributed by atoms with Crippen LogP contribution in [0.25, 0.3) is 0 Å². The number of aryl methyl sites for hydroxylation is 2. The van der Waals surface area contributed by atoms with Crippen molar-refractivity contribution in [3.63, 3.8) is 0 Å². The minimum absolute atomic E-state index is 0.0374. The molecule has 2 aliphatic rings. The number of hydrogen-bond acceptors (Lipinski definition) is 2. The molecule has 28 heavy (non-hydrogen) atoms. The summed E-state index contributed by atoms with van der Waals surface area (Å²) in [6, 6.07) is 15.1. The maximum atomic E-state index is 12.6. The highest BCUT2D eigenvalue weighted by Gasteiger charge is 2.25. The van der Waals surface area contributed by atoms with Crippen molar-refractivity contribution in [2.75, 3.05) is 31.5 Å². The number of benzene rings is 2. The highest BCUT2D eigenvalue weighted by Crippen LogP contribution is 2.24. The number of amides is 2. The van der Waals surface area contributed by atoms with E-state index in [1.807, 2.05) is 17.0 Å². The molecule has 2 aromatic carbocycles. The Kier molecular flexibility index (Phi) is 5.67. The zero-order chi connectivity index (χ0) is 19.5. The van der Waals surface area contributed by atoms with Gasteiger partial charge in [0.25, 0.3) is 0 Å². The van der Waals surface area contributed by atoms with Gasteiger partial charge < -0.3 is 10.2 Å². The zero-order valence-corrected chi connectivity index (χ0v) is 17.1. The van der Waals surface area contributed by atoms with Crippen LogP contribution in [0, 0.1) is 19.8 Å². The van der Waals surface area contributed by atoms with Crippen LogP contribution in [0.3, 0.4) is 0 Å². The normalized spacial score (nSPS) is 18.0. The number of carbonyl (C=O) groups is 1. The summed E-state index contributed by atoms with van der Waals surface area (Å²) >= 11 is 0. The fourth-order valence-corrected chi connectivity index (χ4v) is 4.64. The Morgan fingerprint density at radius 1 is 1.00 bits per heavy atom. The molecule has 0 aliphatic carbocycles. The molecule has 0 saturated carbocycles. The molecule has 0 unspecified atom stereocenters. The third-order valence-corrected chi connectivity index (χ3v) is 6.10. The molecular formula is C24H31N3O. The standard InChI is InChI=1S/C24H31N3O/c1-18-13-19(2)15-23(14-18)25-24(28)27-11-7-20(8-12-27)16-26-10-9-21-5-3-4-6-22(21)17-26/h3-6,13-15,20H,7-12,16-17H2,1-2H3,(H,25,28). The van der Waals surface area contributed by atoms with E-state index in [1.54, 1.807) is 0 Å². The molecular weight excluding hydrogens is 346 g/mol. The van der Waals surface area contributed by atoms with Crippen molar-refractivity contribution in [3.8, 4) is 0 Å². The Balaban J connectivity index is 1.26. The van der Waals surface area contributed by atoms with Crippen molar-refractivity contribution in [1.29, 1.82) is 0 Å². The van der Waals surface area contributed by atoms with Crippen LogP contribution in [0.2, 0.25) is 0 Å². The molecule has 4 heteroatoms. The van der Waals surface area contributed by atoms with E-state index in [1.165, 1.54) is 22.3 Å². The predicted octanol–water partition coefficient (Wildman–Crippen LogP) is 4.61. The van der Waals surface area contributed by atoms with Crippen molar-refractivity contribution in [1.82, 2.24) is 9.80 Å². The summed E-state index contributed by atoms with van der Waals surface area (Å²) in [7, 11) is 0. The van der Waals surface area contributed by atoms with Crippen LogP contribution in [0.1, 0.15) is 35.1 Å². The first-order chi connectivity index (χ1) is 13.6. The third kappa shape index (κ3) is 4.56. The van der Waals surface area contributed by atoms with Crippen LogP contribution in [-0.2, 0) is 13.0 Å². The molecule has 0 radical (unpaired) electrons. The molecule has 0 atom stereocenters. The lowest BCUT2D eigenvalue weighted by atomic mass is 9.94. The van der Waals surface area contributed by atoms with Gasteiger partial charge in [-0.05, 0) is 73.4 Å². The Bertz CT molecular complexity index is 819. The number of piperidine rings is 1. The van der Waals surface area contributed by atoms with Crippen LogP contribution in [0.15, 0.2) is 42.5 Å². The summed E-state index contributed by atoms with van der Waals surface area (Å²) in [5.41, 5.74) is 6.25. The number of nitrogens with one attached hydrogen (secondary N) is 1.